The fraction of sp³-hybridized carbons (Fsp3) is 0.414. The number of aryl methyl sites for hydroxylation is 1. The topological polar surface area (TPSA) is 79.1 Å². The predicted molar refractivity (Wildman–Crippen MR) is 142 cm³/mol. The zero-order valence-corrected chi connectivity index (χ0v) is 21.8. The number of carbonyl (C=O) groups excluding carboxylic acids is 2. The average molecular weight is 503 g/mol. The fourth-order valence-corrected chi connectivity index (χ4v) is 5.60. The number of ketones is 1. The van der Waals surface area contributed by atoms with E-state index in [2.05, 4.69) is 16.0 Å². The smallest absolute Gasteiger partial charge is 0.320 e. The normalized spacial score (nSPS) is 17.5. The Morgan fingerprint density at radius 2 is 1.62 bits per heavy atom. The summed E-state index contributed by atoms with van der Waals surface area (Å²) in [6, 6.07) is 16.1. The molecule has 0 radical (unpaired) electrons. The molecule has 37 heavy (non-hydrogen) atoms. The third kappa shape index (κ3) is 4.80. The van der Waals surface area contributed by atoms with Crippen molar-refractivity contribution in [1.82, 2.24) is 14.8 Å². The number of aromatic nitrogens is 1. The number of ether oxygens (including phenoxy) is 1. The van der Waals surface area contributed by atoms with E-state index in [9.17, 15) is 9.59 Å². The third-order valence-corrected chi connectivity index (χ3v) is 7.87. The van der Waals surface area contributed by atoms with Crippen LogP contribution in [0.15, 0.2) is 59.1 Å². The average Bonchev–Trinajstić information content (AvgIpc) is 3.38. The number of anilines is 1. The second-order valence-electron chi connectivity index (χ2n) is 9.88. The minimum Gasteiger partial charge on any atom is -0.496 e. The molecule has 0 N–H and O–H groups in total. The van der Waals surface area contributed by atoms with Crippen molar-refractivity contribution in [3.8, 4) is 17.1 Å². The van der Waals surface area contributed by atoms with Crippen LogP contribution in [0, 0.1) is 6.92 Å². The predicted octanol–water partition coefficient (Wildman–Crippen LogP) is 4.52. The minimum absolute atomic E-state index is 0.0680. The number of hydrogen-bond donors (Lipinski definition) is 0. The summed E-state index contributed by atoms with van der Waals surface area (Å²) in [6.07, 6.45) is 3.03. The van der Waals surface area contributed by atoms with Gasteiger partial charge in [0.2, 0.25) is 0 Å². The molecule has 0 aliphatic carbocycles. The molecule has 2 aromatic carbocycles. The van der Waals surface area contributed by atoms with Crippen molar-refractivity contribution in [1.29, 1.82) is 0 Å². The van der Waals surface area contributed by atoms with Crippen LogP contribution in [0.3, 0.4) is 0 Å². The molecule has 2 aliphatic heterocycles. The number of urea groups is 1. The van der Waals surface area contributed by atoms with E-state index in [1.165, 1.54) is 0 Å². The summed E-state index contributed by atoms with van der Waals surface area (Å²) in [5, 5.41) is 0. The standard InChI is InChI=1S/C29H34N4O4/c1-21(34)29(23-7-5-4-6-8-23)11-13-32(14-12-29)28(35)33-17-15-31(16-18-33)24-9-10-25(26(19-24)36-3)27-20-30-22(2)37-27/h4-10,19-20H,11-18H2,1-3H3. The molecule has 3 aromatic rings. The number of hydrogen-bond acceptors (Lipinski definition) is 6. The van der Waals surface area contributed by atoms with Crippen LogP contribution in [-0.4, -0.2) is 73.0 Å². The van der Waals surface area contributed by atoms with Gasteiger partial charge >= 0.3 is 6.03 Å². The Bertz CT molecular complexity index is 1260. The molecule has 194 valence electrons. The lowest BCUT2D eigenvalue weighted by Crippen LogP contribution is -2.56. The van der Waals surface area contributed by atoms with Gasteiger partial charge in [0.25, 0.3) is 0 Å². The van der Waals surface area contributed by atoms with Crippen LogP contribution in [0.5, 0.6) is 5.75 Å². The summed E-state index contributed by atoms with van der Waals surface area (Å²) >= 11 is 0. The number of oxazole rings is 1. The van der Waals surface area contributed by atoms with Gasteiger partial charge in [0.1, 0.15) is 11.5 Å². The maximum absolute atomic E-state index is 13.3. The lowest BCUT2D eigenvalue weighted by molar-refractivity contribution is -0.124. The number of benzene rings is 2. The van der Waals surface area contributed by atoms with E-state index in [1.54, 1.807) is 20.2 Å². The Labute approximate surface area is 217 Å². The van der Waals surface area contributed by atoms with E-state index < -0.39 is 5.41 Å². The van der Waals surface area contributed by atoms with Crippen LogP contribution >= 0.6 is 0 Å². The summed E-state index contributed by atoms with van der Waals surface area (Å²) in [4.78, 5) is 36.3. The van der Waals surface area contributed by atoms with E-state index in [0.717, 1.165) is 35.7 Å². The lowest BCUT2D eigenvalue weighted by atomic mass is 9.70. The molecule has 5 rings (SSSR count). The van der Waals surface area contributed by atoms with Crippen LogP contribution in [0.25, 0.3) is 11.3 Å². The molecular formula is C29H34N4O4. The second-order valence-corrected chi connectivity index (χ2v) is 9.88. The summed E-state index contributed by atoms with van der Waals surface area (Å²) < 4.78 is 11.3. The minimum atomic E-state index is -0.494. The van der Waals surface area contributed by atoms with Crippen molar-refractivity contribution in [2.24, 2.45) is 0 Å². The highest BCUT2D eigenvalue weighted by molar-refractivity contribution is 5.88. The Kier molecular flexibility index (Phi) is 6.91. The molecule has 8 nitrogen and oxygen atoms in total. The molecule has 0 bridgehead atoms. The van der Waals surface area contributed by atoms with Crippen LogP contribution in [0.1, 0.15) is 31.2 Å². The Balaban J connectivity index is 1.20. The van der Waals surface area contributed by atoms with Gasteiger partial charge in [-0.15, -0.1) is 0 Å². The van der Waals surface area contributed by atoms with Crippen molar-refractivity contribution in [2.75, 3.05) is 51.3 Å². The van der Waals surface area contributed by atoms with E-state index >= 15 is 0 Å². The molecule has 2 fully saturated rings. The van der Waals surface area contributed by atoms with Gasteiger partial charge < -0.3 is 23.9 Å². The number of methoxy groups -OCH3 is 1. The number of amides is 2. The molecule has 0 saturated carbocycles. The number of Topliss-reactive ketones (excluding diaryl/α,β-unsaturated/α-hetero) is 1. The lowest BCUT2D eigenvalue weighted by Gasteiger charge is -2.43. The van der Waals surface area contributed by atoms with Crippen molar-refractivity contribution >= 4 is 17.5 Å². The first-order valence-corrected chi connectivity index (χ1v) is 12.9. The van der Waals surface area contributed by atoms with Gasteiger partial charge in [-0.25, -0.2) is 9.78 Å². The monoisotopic (exact) mass is 502 g/mol. The molecule has 0 spiro atoms. The summed E-state index contributed by atoms with van der Waals surface area (Å²) in [7, 11) is 1.65. The maximum atomic E-state index is 13.3. The number of piperazine rings is 1. The van der Waals surface area contributed by atoms with Crippen LogP contribution in [0.2, 0.25) is 0 Å². The number of nitrogens with zero attached hydrogens (tertiary/aromatic N) is 4. The summed E-state index contributed by atoms with van der Waals surface area (Å²) in [5.41, 5.74) is 2.48. The van der Waals surface area contributed by atoms with Gasteiger partial charge in [0.05, 0.1) is 24.3 Å². The SMILES string of the molecule is COc1cc(N2CCN(C(=O)N3CCC(C(C)=O)(c4ccccc4)CC3)CC2)ccc1-c1cnc(C)o1. The van der Waals surface area contributed by atoms with Crippen LogP contribution in [0.4, 0.5) is 10.5 Å². The van der Waals surface area contributed by atoms with Crippen LogP contribution < -0.4 is 9.64 Å². The van der Waals surface area contributed by atoms with E-state index in [-0.39, 0.29) is 11.8 Å². The van der Waals surface area contributed by atoms with Gasteiger partial charge in [0.15, 0.2) is 11.7 Å². The first kappa shape index (κ1) is 24.9. The fourth-order valence-electron chi connectivity index (χ4n) is 5.60. The van der Waals surface area contributed by atoms with Crippen molar-refractivity contribution < 1.29 is 18.7 Å². The highest BCUT2D eigenvalue weighted by Crippen LogP contribution is 2.37. The number of rotatable bonds is 5. The zero-order chi connectivity index (χ0) is 26.0. The molecule has 2 saturated heterocycles. The Hall–Kier alpha value is -3.81. The third-order valence-electron chi connectivity index (χ3n) is 7.87. The van der Waals surface area contributed by atoms with Gasteiger partial charge in [-0.2, -0.15) is 0 Å². The van der Waals surface area contributed by atoms with Gasteiger partial charge in [0, 0.05) is 57.9 Å². The van der Waals surface area contributed by atoms with Crippen molar-refractivity contribution in [2.45, 2.75) is 32.1 Å². The van der Waals surface area contributed by atoms with E-state index in [4.69, 9.17) is 9.15 Å². The highest BCUT2D eigenvalue weighted by Gasteiger charge is 2.42. The Morgan fingerprint density at radius 3 is 2.22 bits per heavy atom. The molecule has 1 aromatic heterocycles. The molecule has 8 heteroatoms. The van der Waals surface area contributed by atoms with Crippen LogP contribution in [-0.2, 0) is 10.2 Å². The van der Waals surface area contributed by atoms with Gasteiger partial charge in [-0.1, -0.05) is 30.3 Å². The largest absolute Gasteiger partial charge is 0.496 e. The molecule has 2 amide bonds. The number of carbonyl (C=O) groups is 2. The highest BCUT2D eigenvalue weighted by atomic mass is 16.5. The van der Waals surface area contributed by atoms with Gasteiger partial charge in [-0.05, 0) is 37.5 Å². The summed E-state index contributed by atoms with van der Waals surface area (Å²) in [6.45, 7) is 7.46. The number of piperidine rings is 1. The molecule has 2 aliphatic rings. The number of likely N-dealkylation sites (tertiary alicyclic amines) is 1. The molecular weight excluding hydrogens is 468 g/mol. The zero-order valence-electron chi connectivity index (χ0n) is 21.8. The van der Waals surface area contributed by atoms with Crippen molar-refractivity contribution in [3.05, 3.63) is 66.2 Å². The Morgan fingerprint density at radius 1 is 0.946 bits per heavy atom. The first-order valence-electron chi connectivity index (χ1n) is 12.9. The van der Waals surface area contributed by atoms with Crippen molar-refractivity contribution in [3.63, 3.8) is 0 Å². The molecule has 0 unspecified atom stereocenters. The van der Waals surface area contributed by atoms with E-state index in [0.29, 0.717) is 50.7 Å². The first-order chi connectivity index (χ1) is 17.9. The summed E-state index contributed by atoms with van der Waals surface area (Å²) in [5.74, 6) is 2.20. The molecule has 0 atom stereocenters. The second kappa shape index (κ2) is 10.3. The van der Waals surface area contributed by atoms with Gasteiger partial charge in [-0.3, -0.25) is 4.79 Å². The van der Waals surface area contributed by atoms with E-state index in [1.807, 2.05) is 59.2 Å². The quantitative estimate of drug-likeness (QED) is 0.510. The molecule has 3 heterocycles. The maximum Gasteiger partial charge on any atom is 0.320 e.